The van der Waals surface area contributed by atoms with Crippen molar-refractivity contribution >= 4 is 30.1 Å². The van der Waals surface area contributed by atoms with Gasteiger partial charge < -0.3 is 9.80 Å². The second-order valence-electron chi connectivity index (χ2n) is 4.71. The van der Waals surface area contributed by atoms with Crippen molar-refractivity contribution in [2.45, 2.75) is 68.2 Å². The third-order valence-electron chi connectivity index (χ3n) is 3.14. The van der Waals surface area contributed by atoms with Gasteiger partial charge in [0.1, 0.15) is 0 Å². The lowest BCUT2D eigenvalue weighted by Crippen LogP contribution is -2.27. The fourth-order valence-corrected chi connectivity index (χ4v) is 2.79. The number of anilines is 1. The number of hydrogen-bond acceptors (Lipinski definition) is 4. The number of nitrogens with zero attached hydrogens (tertiary/aromatic N) is 2. The van der Waals surface area contributed by atoms with E-state index in [9.17, 15) is 0 Å². The van der Waals surface area contributed by atoms with Gasteiger partial charge in [0.15, 0.2) is 0 Å². The molecule has 0 amide bonds. The lowest BCUT2D eigenvalue weighted by molar-refractivity contribution is 0.331. The lowest BCUT2D eigenvalue weighted by Gasteiger charge is -2.25. The van der Waals surface area contributed by atoms with Crippen molar-refractivity contribution in [2.75, 3.05) is 38.6 Å². The molecule has 2 nitrogen and oxygen atoms in total. The SMILES string of the molecule is CC.CC.CC.CCCN(C)CCCN(C)c1c(C)c(=S)c1=S. The summed E-state index contributed by atoms with van der Waals surface area (Å²) < 4.78 is 1.76. The zero-order valence-electron chi connectivity index (χ0n) is 17.2. The molecule has 0 aromatic heterocycles. The highest BCUT2D eigenvalue weighted by atomic mass is 32.1. The second kappa shape index (κ2) is 18.0. The Morgan fingerprint density at radius 1 is 0.783 bits per heavy atom. The van der Waals surface area contributed by atoms with Crippen molar-refractivity contribution in [3.63, 3.8) is 0 Å². The molecule has 0 spiro atoms. The molecule has 1 rings (SSSR count). The lowest BCUT2D eigenvalue weighted by atomic mass is 10.1. The Balaban J connectivity index is -0.000000595. The Hall–Kier alpha value is -0.320. The van der Waals surface area contributed by atoms with Crippen LogP contribution in [-0.2, 0) is 0 Å². The Bertz CT molecular complexity index is 435. The molecule has 138 valence electrons. The molecule has 0 heterocycles. The molecule has 0 fully saturated rings. The van der Waals surface area contributed by atoms with Gasteiger partial charge in [0.2, 0.25) is 0 Å². The summed E-state index contributed by atoms with van der Waals surface area (Å²) in [4.78, 5) is 4.62. The van der Waals surface area contributed by atoms with Crippen molar-refractivity contribution < 1.29 is 0 Å². The molecule has 1 aromatic rings. The quantitative estimate of drug-likeness (QED) is 0.507. The molecule has 1 aromatic carbocycles. The molecule has 0 aliphatic heterocycles. The van der Waals surface area contributed by atoms with E-state index in [0.29, 0.717) is 0 Å². The molecule has 0 saturated carbocycles. The first-order valence-electron chi connectivity index (χ1n) is 9.18. The summed E-state index contributed by atoms with van der Waals surface area (Å²) in [6.07, 6.45) is 2.38. The summed E-state index contributed by atoms with van der Waals surface area (Å²) in [7, 11) is 4.28. The van der Waals surface area contributed by atoms with E-state index in [1.54, 1.807) is 0 Å². The maximum absolute atomic E-state index is 5.27. The van der Waals surface area contributed by atoms with Crippen LogP contribution < -0.4 is 4.90 Å². The van der Waals surface area contributed by atoms with Crippen LogP contribution in [-0.4, -0.2) is 38.6 Å². The van der Waals surface area contributed by atoms with E-state index in [2.05, 4.69) is 37.7 Å². The Kier molecular flexibility index (Phi) is 21.6. The highest BCUT2D eigenvalue weighted by Crippen LogP contribution is 2.28. The Labute approximate surface area is 156 Å². The summed E-state index contributed by atoms with van der Waals surface area (Å²) in [5.41, 5.74) is 2.37. The molecule has 0 radical (unpaired) electrons. The Morgan fingerprint density at radius 3 is 1.65 bits per heavy atom. The highest BCUT2D eigenvalue weighted by molar-refractivity contribution is 7.74. The van der Waals surface area contributed by atoms with E-state index in [-0.39, 0.29) is 0 Å². The number of rotatable bonds is 7. The molecule has 0 N–H and O–H groups in total. The van der Waals surface area contributed by atoms with Gasteiger partial charge in [-0.15, -0.1) is 0 Å². The summed E-state index contributed by atoms with van der Waals surface area (Å²) >= 11 is 10.5. The molecule has 0 atom stereocenters. The smallest absolute Gasteiger partial charge is 0.0797 e. The van der Waals surface area contributed by atoms with Crippen LogP contribution in [0.15, 0.2) is 0 Å². The molecule has 0 aliphatic carbocycles. The van der Waals surface area contributed by atoms with Crippen LogP contribution in [0.1, 0.15) is 66.9 Å². The minimum Gasteiger partial charge on any atom is -0.373 e. The summed E-state index contributed by atoms with van der Waals surface area (Å²) in [5.74, 6) is 0. The Morgan fingerprint density at radius 2 is 1.26 bits per heavy atom. The van der Waals surface area contributed by atoms with E-state index in [1.165, 1.54) is 30.6 Å². The minimum absolute atomic E-state index is 0.877. The van der Waals surface area contributed by atoms with Crippen molar-refractivity contribution in [3.05, 3.63) is 14.6 Å². The van der Waals surface area contributed by atoms with Crippen molar-refractivity contribution in [3.8, 4) is 0 Å². The molecule has 0 bridgehead atoms. The van der Waals surface area contributed by atoms with Crippen LogP contribution in [0, 0.1) is 15.9 Å². The molecule has 0 aliphatic rings. The van der Waals surface area contributed by atoms with E-state index in [0.717, 1.165) is 22.1 Å². The van der Waals surface area contributed by atoms with Crippen LogP contribution >= 0.6 is 24.4 Å². The predicted octanol–water partition coefficient (Wildman–Crippen LogP) is 6.58. The first kappa shape index (κ1) is 27.5. The molecule has 4 heteroatoms. The van der Waals surface area contributed by atoms with Crippen molar-refractivity contribution in [2.24, 2.45) is 0 Å². The van der Waals surface area contributed by atoms with Gasteiger partial charge in [0.25, 0.3) is 0 Å². The monoisotopic (exact) mass is 360 g/mol. The zero-order valence-corrected chi connectivity index (χ0v) is 18.9. The number of hydrogen-bond donors (Lipinski definition) is 0. The van der Waals surface area contributed by atoms with Crippen molar-refractivity contribution in [1.82, 2.24) is 4.90 Å². The van der Waals surface area contributed by atoms with E-state index in [1.807, 2.05) is 41.5 Å². The summed E-state index contributed by atoms with van der Waals surface area (Å²) in [6, 6.07) is 0. The average Bonchev–Trinajstić information content (AvgIpc) is 2.60. The third kappa shape index (κ3) is 10.2. The maximum Gasteiger partial charge on any atom is 0.0797 e. The van der Waals surface area contributed by atoms with E-state index in [4.69, 9.17) is 24.4 Å². The summed E-state index contributed by atoms with van der Waals surface area (Å²) in [5, 5.41) is 0. The predicted molar refractivity (Wildman–Crippen MR) is 115 cm³/mol. The fraction of sp³-hybridized carbons (Fsp3) is 0.789. The maximum atomic E-state index is 5.27. The van der Waals surface area contributed by atoms with Gasteiger partial charge in [-0.1, -0.05) is 72.9 Å². The zero-order chi connectivity index (χ0) is 19.0. The highest BCUT2D eigenvalue weighted by Gasteiger charge is 2.14. The molecular weight excluding hydrogens is 320 g/mol. The van der Waals surface area contributed by atoms with Crippen LogP contribution in [0.25, 0.3) is 0 Å². The topological polar surface area (TPSA) is 6.48 Å². The first-order valence-corrected chi connectivity index (χ1v) is 10.00. The molecular formula is C19H40N2S2. The van der Waals surface area contributed by atoms with Crippen LogP contribution in [0.5, 0.6) is 0 Å². The van der Waals surface area contributed by atoms with Gasteiger partial charge in [-0.05, 0) is 45.5 Å². The van der Waals surface area contributed by atoms with E-state index >= 15 is 0 Å². The van der Waals surface area contributed by atoms with Crippen LogP contribution in [0.4, 0.5) is 5.69 Å². The third-order valence-corrected chi connectivity index (χ3v) is 4.17. The standard InChI is InChI=1S/C13H22N2S2.3C2H6/c1-5-7-14(3)8-6-9-15(4)11-10(2)12(16)13(11)17;3*1-2/h5-9H2,1-4H3;3*1-2H3. The van der Waals surface area contributed by atoms with Gasteiger partial charge in [-0.3, -0.25) is 0 Å². The normalized spacial score (nSPS) is 9.17. The first-order chi connectivity index (χ1) is 11.0. The largest absolute Gasteiger partial charge is 0.373 e. The molecule has 23 heavy (non-hydrogen) atoms. The van der Waals surface area contributed by atoms with Gasteiger partial charge >= 0.3 is 0 Å². The minimum atomic E-state index is 0.877. The van der Waals surface area contributed by atoms with Gasteiger partial charge in [-0.2, -0.15) is 0 Å². The van der Waals surface area contributed by atoms with Crippen molar-refractivity contribution in [1.29, 1.82) is 0 Å². The second-order valence-corrected chi connectivity index (χ2v) is 5.53. The average molecular weight is 361 g/mol. The van der Waals surface area contributed by atoms with Crippen LogP contribution in [0.3, 0.4) is 0 Å². The van der Waals surface area contributed by atoms with Gasteiger partial charge in [-0.25, -0.2) is 0 Å². The fourth-order valence-electron chi connectivity index (χ4n) is 2.14. The van der Waals surface area contributed by atoms with Gasteiger partial charge in [0, 0.05) is 13.6 Å². The summed E-state index contributed by atoms with van der Waals surface area (Å²) in [6.45, 7) is 19.6. The van der Waals surface area contributed by atoms with E-state index < -0.39 is 0 Å². The molecule has 0 saturated heterocycles. The van der Waals surface area contributed by atoms with Gasteiger partial charge in [0.05, 0.1) is 14.7 Å². The molecule has 0 unspecified atom stereocenters. The van der Waals surface area contributed by atoms with Crippen LogP contribution in [0.2, 0.25) is 0 Å².